The quantitative estimate of drug-likeness (QED) is 0.474. The molecule has 0 bridgehead atoms. The normalized spacial score (nSPS) is 10.5. The van der Waals surface area contributed by atoms with Gasteiger partial charge in [0.2, 0.25) is 16.1 Å². The van der Waals surface area contributed by atoms with E-state index in [1.54, 1.807) is 0 Å². The van der Waals surface area contributed by atoms with Crippen LogP contribution in [0.5, 0.6) is 0 Å². The first-order chi connectivity index (χ1) is 7.60. The summed E-state index contributed by atoms with van der Waals surface area (Å²) in [5.41, 5.74) is 0.359. The van der Waals surface area contributed by atoms with Crippen LogP contribution in [0.2, 0.25) is 0 Å². The van der Waals surface area contributed by atoms with Gasteiger partial charge in [-0.3, -0.25) is 0 Å². The molecule has 6 heteroatoms. The molecular weight excluding hydrogens is 228 g/mol. The zero-order valence-electron chi connectivity index (χ0n) is 8.38. The third kappa shape index (κ3) is 3.13. The highest BCUT2D eigenvalue weighted by molar-refractivity contribution is 7.89. The number of nitrogens with zero attached hydrogens (tertiary/aromatic N) is 1. The molecule has 5 nitrogen and oxygen atoms in total. The molecular formula is C10H10N2O3S. The second kappa shape index (κ2) is 5.37. The Hall–Kier alpha value is -1.75. The Labute approximate surface area is 93.6 Å². The van der Waals surface area contributed by atoms with E-state index in [9.17, 15) is 13.2 Å². The first-order valence-electron chi connectivity index (χ1n) is 4.38. The highest BCUT2D eigenvalue weighted by Gasteiger charge is 2.11. The number of hydrogen-bond donors (Lipinski definition) is 1. The van der Waals surface area contributed by atoms with Crippen LogP contribution in [0.3, 0.4) is 0 Å². The molecule has 0 saturated carbocycles. The SMILES string of the molecule is C=CCNS(=O)(=O)c1ccc(N=C=O)cc1. The largest absolute Gasteiger partial charge is 0.240 e. The zero-order chi connectivity index (χ0) is 12.0. The van der Waals surface area contributed by atoms with Gasteiger partial charge in [-0.1, -0.05) is 6.08 Å². The van der Waals surface area contributed by atoms with Crippen LogP contribution in [0, 0.1) is 0 Å². The van der Waals surface area contributed by atoms with Crippen LogP contribution >= 0.6 is 0 Å². The Balaban J connectivity index is 2.96. The Bertz CT molecular complexity index is 514. The second-order valence-corrected chi connectivity index (χ2v) is 4.60. The maximum Gasteiger partial charge on any atom is 0.240 e. The highest BCUT2D eigenvalue weighted by Crippen LogP contribution is 2.15. The van der Waals surface area contributed by atoms with Gasteiger partial charge in [0.25, 0.3) is 0 Å². The molecule has 0 aliphatic rings. The Morgan fingerprint density at radius 3 is 2.50 bits per heavy atom. The van der Waals surface area contributed by atoms with E-state index in [1.807, 2.05) is 0 Å². The molecule has 1 rings (SSSR count). The van der Waals surface area contributed by atoms with Gasteiger partial charge < -0.3 is 0 Å². The fraction of sp³-hybridized carbons (Fsp3) is 0.100. The van der Waals surface area contributed by atoms with Crippen LogP contribution in [-0.4, -0.2) is 21.0 Å². The number of carbonyl (C=O) groups excluding carboxylic acids is 1. The van der Waals surface area contributed by atoms with Gasteiger partial charge in [0.1, 0.15) is 0 Å². The molecule has 0 aromatic heterocycles. The van der Waals surface area contributed by atoms with Gasteiger partial charge in [0.05, 0.1) is 10.6 Å². The van der Waals surface area contributed by atoms with Gasteiger partial charge >= 0.3 is 0 Å². The Morgan fingerprint density at radius 2 is 2.00 bits per heavy atom. The Kier molecular flexibility index (Phi) is 4.13. The maximum absolute atomic E-state index is 11.6. The van der Waals surface area contributed by atoms with Crippen molar-refractivity contribution in [2.45, 2.75) is 4.90 Å². The van der Waals surface area contributed by atoms with Crippen molar-refractivity contribution in [3.8, 4) is 0 Å². The van der Waals surface area contributed by atoms with Crippen molar-refractivity contribution in [1.29, 1.82) is 0 Å². The van der Waals surface area contributed by atoms with Crippen molar-refractivity contribution in [3.05, 3.63) is 36.9 Å². The van der Waals surface area contributed by atoms with E-state index < -0.39 is 10.0 Å². The molecule has 1 aromatic carbocycles. The fourth-order valence-electron chi connectivity index (χ4n) is 1.00. The topological polar surface area (TPSA) is 75.6 Å². The van der Waals surface area contributed by atoms with Crippen LogP contribution in [0.4, 0.5) is 5.69 Å². The minimum absolute atomic E-state index is 0.110. The summed E-state index contributed by atoms with van der Waals surface area (Å²) in [6.45, 7) is 3.57. The number of rotatable bonds is 5. The molecule has 0 saturated heterocycles. The van der Waals surface area contributed by atoms with E-state index in [4.69, 9.17) is 0 Å². The zero-order valence-corrected chi connectivity index (χ0v) is 9.20. The molecule has 16 heavy (non-hydrogen) atoms. The molecule has 0 spiro atoms. The van der Waals surface area contributed by atoms with Gasteiger partial charge in [-0.05, 0) is 24.3 Å². The Morgan fingerprint density at radius 1 is 1.38 bits per heavy atom. The van der Waals surface area contributed by atoms with Crippen LogP contribution in [0.25, 0.3) is 0 Å². The smallest absolute Gasteiger partial charge is 0.211 e. The molecule has 0 fully saturated rings. The van der Waals surface area contributed by atoms with Gasteiger partial charge in [-0.15, -0.1) is 6.58 Å². The average molecular weight is 238 g/mol. The summed E-state index contributed by atoms with van der Waals surface area (Å²) in [6.07, 6.45) is 2.82. The maximum atomic E-state index is 11.6. The minimum atomic E-state index is -3.52. The third-order valence-electron chi connectivity index (χ3n) is 1.74. The van der Waals surface area contributed by atoms with E-state index in [0.717, 1.165) is 0 Å². The first-order valence-corrected chi connectivity index (χ1v) is 5.87. The van der Waals surface area contributed by atoms with E-state index in [0.29, 0.717) is 5.69 Å². The van der Waals surface area contributed by atoms with Crippen molar-refractivity contribution in [1.82, 2.24) is 4.72 Å². The van der Waals surface area contributed by atoms with Gasteiger partial charge in [0, 0.05) is 6.54 Å². The number of aliphatic imine (C=N–C) groups is 1. The van der Waals surface area contributed by atoms with Gasteiger partial charge in [-0.25, -0.2) is 17.9 Å². The summed E-state index contributed by atoms with van der Waals surface area (Å²) in [6, 6.07) is 5.57. The molecule has 0 aliphatic carbocycles. The van der Waals surface area contributed by atoms with Crippen molar-refractivity contribution in [2.75, 3.05) is 6.54 Å². The van der Waals surface area contributed by atoms with Gasteiger partial charge in [-0.2, -0.15) is 4.99 Å². The molecule has 0 radical (unpaired) electrons. The van der Waals surface area contributed by atoms with E-state index in [-0.39, 0.29) is 11.4 Å². The summed E-state index contributed by atoms with van der Waals surface area (Å²) in [5.74, 6) is 0. The van der Waals surface area contributed by atoms with Crippen molar-refractivity contribution in [2.24, 2.45) is 4.99 Å². The molecule has 0 heterocycles. The predicted molar refractivity (Wildman–Crippen MR) is 59.6 cm³/mol. The molecule has 0 amide bonds. The lowest BCUT2D eigenvalue weighted by Crippen LogP contribution is -2.23. The third-order valence-corrected chi connectivity index (χ3v) is 3.18. The van der Waals surface area contributed by atoms with Crippen molar-refractivity contribution >= 4 is 21.8 Å². The lowest BCUT2D eigenvalue weighted by molar-refractivity contribution is 0.565. The van der Waals surface area contributed by atoms with E-state index >= 15 is 0 Å². The molecule has 0 unspecified atom stereocenters. The number of isocyanates is 1. The summed E-state index contributed by atoms with van der Waals surface area (Å²) in [4.78, 5) is 13.4. The lowest BCUT2D eigenvalue weighted by Gasteiger charge is -2.03. The molecule has 0 aliphatic heterocycles. The second-order valence-electron chi connectivity index (χ2n) is 2.84. The van der Waals surface area contributed by atoms with Crippen LogP contribution in [-0.2, 0) is 14.8 Å². The standard InChI is InChI=1S/C10H10N2O3S/c1-2-7-12-16(14,15)10-5-3-9(4-6-10)11-8-13/h2-6,12H,1,7H2. The lowest BCUT2D eigenvalue weighted by atomic mass is 10.3. The number of sulfonamides is 1. The number of benzene rings is 1. The molecule has 1 aromatic rings. The summed E-state index contributed by atoms with van der Waals surface area (Å²) in [5, 5.41) is 0. The van der Waals surface area contributed by atoms with Crippen LogP contribution < -0.4 is 4.72 Å². The molecule has 1 N–H and O–H groups in total. The predicted octanol–water partition coefficient (Wildman–Crippen LogP) is 1.12. The van der Waals surface area contributed by atoms with Crippen LogP contribution in [0.1, 0.15) is 0 Å². The van der Waals surface area contributed by atoms with E-state index in [2.05, 4.69) is 16.3 Å². The fourth-order valence-corrected chi connectivity index (χ4v) is 2.00. The minimum Gasteiger partial charge on any atom is -0.211 e. The summed E-state index contributed by atoms with van der Waals surface area (Å²) < 4.78 is 25.5. The van der Waals surface area contributed by atoms with E-state index in [1.165, 1.54) is 36.4 Å². The van der Waals surface area contributed by atoms with Crippen LogP contribution in [0.15, 0.2) is 46.8 Å². The average Bonchev–Trinajstić information content (AvgIpc) is 2.28. The van der Waals surface area contributed by atoms with Crippen molar-refractivity contribution < 1.29 is 13.2 Å². The highest BCUT2D eigenvalue weighted by atomic mass is 32.2. The monoisotopic (exact) mass is 238 g/mol. The molecule has 84 valence electrons. The summed E-state index contributed by atoms with van der Waals surface area (Å²) in [7, 11) is -3.52. The first kappa shape index (κ1) is 12.3. The number of nitrogens with one attached hydrogen (secondary N) is 1. The molecule has 0 atom stereocenters. The van der Waals surface area contributed by atoms with Crippen molar-refractivity contribution in [3.63, 3.8) is 0 Å². The summed E-state index contributed by atoms with van der Waals surface area (Å²) >= 11 is 0. The number of hydrogen-bond acceptors (Lipinski definition) is 4. The van der Waals surface area contributed by atoms with Gasteiger partial charge in [0.15, 0.2) is 0 Å².